The Labute approximate surface area is 114 Å². The molecule has 0 bridgehead atoms. The molecule has 0 saturated heterocycles. The number of thiazole rings is 1. The first-order valence-corrected chi connectivity index (χ1v) is 7.04. The van der Waals surface area contributed by atoms with Gasteiger partial charge in [-0.25, -0.2) is 4.98 Å². The number of hydrogen-bond acceptors (Lipinski definition) is 3. The Morgan fingerprint density at radius 2 is 2.12 bits per heavy atom. The smallest absolute Gasteiger partial charge is 0.108 e. The summed E-state index contributed by atoms with van der Waals surface area (Å²) in [4.78, 5) is 8.14. The molecule has 90 valence electrons. The van der Waals surface area contributed by atoms with E-state index in [0.29, 0.717) is 0 Å². The molecule has 0 unspecified atom stereocenters. The topological polar surface area (TPSA) is 16.1 Å². The van der Waals surface area contributed by atoms with E-state index in [1.165, 1.54) is 15.4 Å². The van der Waals surface area contributed by atoms with Crippen LogP contribution in [0.4, 0.5) is 0 Å². The normalized spacial score (nSPS) is 11.1. The van der Waals surface area contributed by atoms with Gasteiger partial charge >= 0.3 is 0 Å². The van der Waals surface area contributed by atoms with Gasteiger partial charge in [-0.15, -0.1) is 11.3 Å². The van der Waals surface area contributed by atoms with Gasteiger partial charge in [0.05, 0.1) is 5.69 Å². The molecule has 17 heavy (non-hydrogen) atoms. The number of halogens is 1. The van der Waals surface area contributed by atoms with Crippen LogP contribution in [-0.4, -0.2) is 24.0 Å². The van der Waals surface area contributed by atoms with Gasteiger partial charge < -0.3 is 4.90 Å². The van der Waals surface area contributed by atoms with E-state index in [1.54, 1.807) is 11.3 Å². The minimum atomic E-state index is 0.902. The quantitative estimate of drug-likeness (QED) is 0.853. The average Bonchev–Trinajstić information content (AvgIpc) is 2.58. The Bertz CT molecular complexity index is 520. The van der Waals surface area contributed by atoms with Crippen LogP contribution in [0.5, 0.6) is 0 Å². The number of benzene rings is 1. The molecule has 4 heteroatoms. The summed E-state index contributed by atoms with van der Waals surface area (Å²) in [5.74, 6) is 0. The van der Waals surface area contributed by atoms with Crippen molar-refractivity contribution >= 4 is 27.3 Å². The molecule has 0 atom stereocenters. The minimum Gasteiger partial charge on any atom is -0.303 e. The molecular formula is C13H15BrN2S. The van der Waals surface area contributed by atoms with Gasteiger partial charge in [0.1, 0.15) is 5.01 Å². The summed E-state index contributed by atoms with van der Waals surface area (Å²) in [6.07, 6.45) is 0. The highest BCUT2D eigenvalue weighted by atomic mass is 79.9. The molecular weight excluding hydrogens is 296 g/mol. The van der Waals surface area contributed by atoms with Crippen molar-refractivity contribution in [3.05, 3.63) is 38.6 Å². The fourth-order valence-electron chi connectivity index (χ4n) is 1.69. The zero-order valence-electron chi connectivity index (χ0n) is 10.2. The Balaban J connectivity index is 2.36. The highest BCUT2D eigenvalue weighted by Crippen LogP contribution is 2.29. The van der Waals surface area contributed by atoms with Gasteiger partial charge in [0, 0.05) is 21.5 Å². The Hall–Kier alpha value is -0.710. The molecule has 0 radical (unpaired) electrons. The Morgan fingerprint density at radius 1 is 1.35 bits per heavy atom. The van der Waals surface area contributed by atoms with Crippen LogP contribution in [0.2, 0.25) is 0 Å². The highest BCUT2D eigenvalue weighted by Gasteiger charge is 2.10. The second kappa shape index (κ2) is 5.29. The lowest BCUT2D eigenvalue weighted by atomic mass is 10.1. The maximum absolute atomic E-state index is 4.72. The van der Waals surface area contributed by atoms with E-state index < -0.39 is 0 Å². The third-order valence-corrected chi connectivity index (χ3v) is 3.84. The molecule has 0 aliphatic carbocycles. The van der Waals surface area contributed by atoms with Crippen molar-refractivity contribution in [2.24, 2.45) is 0 Å². The van der Waals surface area contributed by atoms with E-state index >= 15 is 0 Å². The lowest BCUT2D eigenvalue weighted by Gasteiger charge is -2.05. The molecule has 2 aromatic rings. The van der Waals surface area contributed by atoms with Gasteiger partial charge in [0.15, 0.2) is 0 Å². The molecule has 0 amide bonds. The van der Waals surface area contributed by atoms with Crippen molar-refractivity contribution < 1.29 is 0 Å². The van der Waals surface area contributed by atoms with Gasteiger partial charge in [0.25, 0.3) is 0 Å². The van der Waals surface area contributed by atoms with Crippen molar-refractivity contribution in [2.75, 3.05) is 14.1 Å². The third kappa shape index (κ3) is 3.15. The molecule has 0 fully saturated rings. The molecule has 0 aliphatic rings. The predicted octanol–water partition coefficient (Wildman–Crippen LogP) is 3.94. The van der Waals surface area contributed by atoms with Crippen LogP contribution < -0.4 is 0 Å². The summed E-state index contributed by atoms with van der Waals surface area (Å²) >= 11 is 5.27. The number of aryl methyl sites for hydroxylation is 1. The van der Waals surface area contributed by atoms with Crippen molar-refractivity contribution in [3.63, 3.8) is 0 Å². The van der Waals surface area contributed by atoms with Gasteiger partial charge in [-0.3, -0.25) is 0 Å². The van der Waals surface area contributed by atoms with Crippen LogP contribution >= 0.6 is 27.3 Å². The van der Waals surface area contributed by atoms with Crippen molar-refractivity contribution in [1.29, 1.82) is 0 Å². The Kier molecular flexibility index (Phi) is 3.97. The number of rotatable bonds is 3. The fourth-order valence-corrected chi connectivity index (χ4v) is 3.17. The summed E-state index contributed by atoms with van der Waals surface area (Å²) in [5.41, 5.74) is 2.28. The van der Waals surface area contributed by atoms with Gasteiger partial charge in [0.2, 0.25) is 0 Å². The maximum atomic E-state index is 4.72. The average molecular weight is 311 g/mol. The van der Waals surface area contributed by atoms with Crippen molar-refractivity contribution in [3.8, 4) is 11.3 Å². The lowest BCUT2D eigenvalue weighted by molar-refractivity contribution is 0.402. The summed E-state index contributed by atoms with van der Waals surface area (Å²) < 4.78 is 1.09. The van der Waals surface area contributed by atoms with E-state index in [1.807, 2.05) is 12.1 Å². The molecule has 0 N–H and O–H groups in total. The lowest BCUT2D eigenvalue weighted by Crippen LogP contribution is -2.10. The first kappa shape index (κ1) is 12.7. The molecule has 1 aromatic heterocycles. The molecule has 1 aromatic carbocycles. The van der Waals surface area contributed by atoms with Crippen LogP contribution in [0, 0.1) is 6.92 Å². The van der Waals surface area contributed by atoms with Crippen LogP contribution in [-0.2, 0) is 6.54 Å². The van der Waals surface area contributed by atoms with Crippen molar-refractivity contribution in [1.82, 2.24) is 9.88 Å². The first-order valence-electron chi connectivity index (χ1n) is 5.43. The monoisotopic (exact) mass is 310 g/mol. The van der Waals surface area contributed by atoms with E-state index in [2.05, 4.69) is 54.0 Å². The predicted molar refractivity (Wildman–Crippen MR) is 77.4 cm³/mol. The summed E-state index contributed by atoms with van der Waals surface area (Å²) in [7, 11) is 4.13. The van der Waals surface area contributed by atoms with Gasteiger partial charge in [-0.2, -0.15) is 0 Å². The van der Waals surface area contributed by atoms with Crippen LogP contribution in [0.25, 0.3) is 11.3 Å². The number of nitrogens with zero attached hydrogens (tertiary/aromatic N) is 2. The largest absolute Gasteiger partial charge is 0.303 e. The first-order chi connectivity index (χ1) is 8.06. The molecule has 2 rings (SSSR count). The number of hydrogen-bond donors (Lipinski definition) is 0. The van der Waals surface area contributed by atoms with E-state index in [9.17, 15) is 0 Å². The zero-order chi connectivity index (χ0) is 12.4. The van der Waals surface area contributed by atoms with E-state index in [4.69, 9.17) is 4.98 Å². The summed E-state index contributed by atoms with van der Waals surface area (Å²) in [5, 5.41) is 1.17. The molecule has 1 heterocycles. The van der Waals surface area contributed by atoms with Gasteiger partial charge in [-0.05, 0) is 33.2 Å². The second-order valence-electron chi connectivity index (χ2n) is 4.26. The highest BCUT2D eigenvalue weighted by molar-refractivity contribution is 9.10. The number of aromatic nitrogens is 1. The standard InChI is InChI=1S/C13H15BrN2S/c1-9-13(10-5-4-6-11(14)7-10)15-12(17-9)8-16(2)3/h4-7H,8H2,1-3H3. The zero-order valence-corrected chi connectivity index (χ0v) is 12.6. The summed E-state index contributed by atoms with van der Waals surface area (Å²) in [6.45, 7) is 3.03. The Morgan fingerprint density at radius 3 is 2.76 bits per heavy atom. The minimum absolute atomic E-state index is 0.902. The van der Waals surface area contributed by atoms with Crippen LogP contribution in [0.1, 0.15) is 9.88 Å². The maximum Gasteiger partial charge on any atom is 0.108 e. The van der Waals surface area contributed by atoms with Crippen LogP contribution in [0.15, 0.2) is 28.7 Å². The fraction of sp³-hybridized carbons (Fsp3) is 0.308. The third-order valence-electron chi connectivity index (χ3n) is 2.39. The van der Waals surface area contributed by atoms with Crippen molar-refractivity contribution in [2.45, 2.75) is 13.5 Å². The second-order valence-corrected chi connectivity index (χ2v) is 6.46. The molecule has 0 spiro atoms. The van der Waals surface area contributed by atoms with E-state index in [-0.39, 0.29) is 0 Å². The molecule has 0 aliphatic heterocycles. The molecule has 0 saturated carbocycles. The summed E-state index contributed by atoms with van der Waals surface area (Å²) in [6, 6.07) is 8.30. The SMILES string of the molecule is Cc1sc(CN(C)C)nc1-c1cccc(Br)c1. The van der Waals surface area contributed by atoms with Gasteiger partial charge in [-0.1, -0.05) is 28.1 Å². The van der Waals surface area contributed by atoms with Crippen LogP contribution in [0.3, 0.4) is 0 Å². The molecule has 2 nitrogen and oxygen atoms in total. The van der Waals surface area contributed by atoms with E-state index in [0.717, 1.165) is 16.7 Å².